The number of aromatic carboxylic acids is 1. The molecule has 2 N–H and O–H groups in total. The predicted octanol–water partition coefficient (Wildman–Crippen LogP) is 1.63. The first-order valence-corrected chi connectivity index (χ1v) is 7.70. The van der Waals surface area contributed by atoms with Gasteiger partial charge in [0.15, 0.2) is 0 Å². The summed E-state index contributed by atoms with van der Waals surface area (Å²) in [6.07, 6.45) is 0.360. The third-order valence-electron chi connectivity index (χ3n) is 3.18. The Morgan fingerprint density at radius 1 is 1.43 bits per heavy atom. The van der Waals surface area contributed by atoms with E-state index in [1.807, 2.05) is 0 Å². The molecule has 21 heavy (non-hydrogen) atoms. The molecule has 0 aliphatic carbocycles. The van der Waals surface area contributed by atoms with E-state index in [1.54, 1.807) is 24.0 Å². The van der Waals surface area contributed by atoms with Gasteiger partial charge in [-0.25, -0.2) is 4.79 Å². The van der Waals surface area contributed by atoms with Crippen LogP contribution in [0.5, 0.6) is 0 Å². The number of hydrogen-bond acceptors (Lipinski definition) is 4. The molecule has 1 atom stereocenters. The van der Waals surface area contributed by atoms with E-state index in [0.29, 0.717) is 23.7 Å². The van der Waals surface area contributed by atoms with Crippen molar-refractivity contribution in [3.05, 3.63) is 29.8 Å². The van der Waals surface area contributed by atoms with Crippen molar-refractivity contribution in [3.8, 4) is 0 Å². The topological polar surface area (TPSA) is 86.7 Å². The number of hydrogen-bond donors (Lipinski definition) is 2. The van der Waals surface area contributed by atoms with Crippen molar-refractivity contribution in [2.75, 3.05) is 16.9 Å². The molecule has 6 nitrogen and oxygen atoms in total. The summed E-state index contributed by atoms with van der Waals surface area (Å²) in [5.41, 5.74) is 0.524. The van der Waals surface area contributed by atoms with Gasteiger partial charge in [-0.05, 0) is 18.2 Å². The molecule has 1 aliphatic rings. The molecule has 1 aromatic rings. The molecule has 7 heteroatoms. The third-order valence-corrected chi connectivity index (χ3v) is 4.20. The molecular weight excluding hydrogens is 292 g/mol. The Morgan fingerprint density at radius 2 is 2.19 bits per heavy atom. The smallest absolute Gasteiger partial charge is 0.335 e. The van der Waals surface area contributed by atoms with Gasteiger partial charge in [0.05, 0.1) is 11.4 Å². The van der Waals surface area contributed by atoms with E-state index in [2.05, 4.69) is 5.32 Å². The Kier molecular flexibility index (Phi) is 4.85. The van der Waals surface area contributed by atoms with Crippen molar-refractivity contribution in [1.29, 1.82) is 0 Å². The van der Waals surface area contributed by atoms with Crippen molar-refractivity contribution < 1.29 is 19.5 Å². The van der Waals surface area contributed by atoms with E-state index in [1.165, 1.54) is 23.9 Å². The molecule has 1 fully saturated rings. The SMILES string of the molecule is CCC(=O)N1CSCC1C(=O)Nc1cccc(C(=O)O)c1. The Morgan fingerprint density at radius 3 is 2.86 bits per heavy atom. The van der Waals surface area contributed by atoms with Crippen LogP contribution in [0.3, 0.4) is 0 Å². The molecule has 0 spiro atoms. The molecule has 0 radical (unpaired) electrons. The van der Waals surface area contributed by atoms with Crippen LogP contribution >= 0.6 is 11.8 Å². The normalized spacial score (nSPS) is 17.6. The van der Waals surface area contributed by atoms with Crippen LogP contribution in [0.15, 0.2) is 24.3 Å². The number of benzene rings is 1. The average Bonchev–Trinajstić information content (AvgIpc) is 2.96. The Bertz CT molecular complexity index is 576. The van der Waals surface area contributed by atoms with Gasteiger partial charge < -0.3 is 15.3 Å². The first-order chi connectivity index (χ1) is 10.0. The van der Waals surface area contributed by atoms with Crippen LogP contribution < -0.4 is 5.32 Å². The molecule has 0 aromatic heterocycles. The van der Waals surface area contributed by atoms with Crippen LogP contribution in [0.2, 0.25) is 0 Å². The van der Waals surface area contributed by atoms with Crippen LogP contribution in [0, 0.1) is 0 Å². The molecule has 0 bridgehead atoms. The van der Waals surface area contributed by atoms with Gasteiger partial charge in [0.25, 0.3) is 0 Å². The maximum absolute atomic E-state index is 12.3. The second-order valence-corrected chi connectivity index (χ2v) is 5.61. The highest BCUT2D eigenvalue weighted by Gasteiger charge is 2.33. The standard InChI is InChI=1S/C14H16N2O4S/c1-2-12(17)16-8-21-7-11(16)13(18)15-10-5-3-4-9(6-10)14(19)20/h3-6,11H,2,7-8H2,1H3,(H,15,18)(H,19,20). The highest BCUT2D eigenvalue weighted by molar-refractivity contribution is 7.99. The first kappa shape index (κ1) is 15.4. The van der Waals surface area contributed by atoms with Crippen molar-refractivity contribution in [1.82, 2.24) is 4.90 Å². The van der Waals surface area contributed by atoms with E-state index in [9.17, 15) is 14.4 Å². The molecule has 1 aliphatic heterocycles. The van der Waals surface area contributed by atoms with Crippen molar-refractivity contribution in [2.24, 2.45) is 0 Å². The van der Waals surface area contributed by atoms with Gasteiger partial charge in [0.1, 0.15) is 6.04 Å². The van der Waals surface area contributed by atoms with E-state index < -0.39 is 12.0 Å². The van der Waals surface area contributed by atoms with Gasteiger partial charge in [0, 0.05) is 17.9 Å². The van der Waals surface area contributed by atoms with Crippen molar-refractivity contribution in [3.63, 3.8) is 0 Å². The number of carbonyl (C=O) groups excluding carboxylic acids is 2. The monoisotopic (exact) mass is 308 g/mol. The lowest BCUT2D eigenvalue weighted by atomic mass is 10.2. The number of nitrogens with zero attached hydrogens (tertiary/aromatic N) is 1. The summed E-state index contributed by atoms with van der Waals surface area (Å²) in [5, 5.41) is 11.6. The minimum Gasteiger partial charge on any atom is -0.478 e. The summed E-state index contributed by atoms with van der Waals surface area (Å²) < 4.78 is 0. The molecular formula is C14H16N2O4S. The van der Waals surface area contributed by atoms with E-state index in [4.69, 9.17) is 5.11 Å². The lowest BCUT2D eigenvalue weighted by Crippen LogP contribution is -2.44. The number of carboxylic acids is 1. The second-order valence-electron chi connectivity index (χ2n) is 4.61. The minimum absolute atomic E-state index is 0.0561. The van der Waals surface area contributed by atoms with E-state index in [0.717, 1.165) is 0 Å². The number of carboxylic acid groups (broad SMARTS) is 1. The maximum Gasteiger partial charge on any atom is 0.335 e. The van der Waals surface area contributed by atoms with Gasteiger partial charge in [-0.2, -0.15) is 0 Å². The number of nitrogens with one attached hydrogen (secondary N) is 1. The Labute approximate surface area is 126 Å². The number of amides is 2. The molecule has 2 amide bonds. The lowest BCUT2D eigenvalue weighted by Gasteiger charge is -2.22. The Balaban J connectivity index is 2.09. The van der Waals surface area contributed by atoms with Crippen LogP contribution in [-0.4, -0.2) is 45.5 Å². The summed E-state index contributed by atoms with van der Waals surface area (Å²) in [6, 6.07) is 5.54. The molecule has 1 unspecified atom stereocenters. The van der Waals surface area contributed by atoms with Gasteiger partial charge in [0.2, 0.25) is 11.8 Å². The fourth-order valence-corrected chi connectivity index (χ4v) is 3.24. The zero-order chi connectivity index (χ0) is 15.4. The molecule has 112 valence electrons. The van der Waals surface area contributed by atoms with E-state index >= 15 is 0 Å². The fraction of sp³-hybridized carbons (Fsp3) is 0.357. The highest BCUT2D eigenvalue weighted by Crippen LogP contribution is 2.23. The van der Waals surface area contributed by atoms with Crippen molar-refractivity contribution >= 4 is 35.2 Å². The van der Waals surface area contributed by atoms with E-state index in [-0.39, 0.29) is 17.4 Å². The fourth-order valence-electron chi connectivity index (χ4n) is 2.06. The van der Waals surface area contributed by atoms with Gasteiger partial charge in [-0.3, -0.25) is 9.59 Å². The molecule has 1 aromatic carbocycles. The Hall–Kier alpha value is -2.02. The summed E-state index contributed by atoms with van der Waals surface area (Å²) in [4.78, 5) is 36.5. The largest absolute Gasteiger partial charge is 0.478 e. The first-order valence-electron chi connectivity index (χ1n) is 6.54. The second kappa shape index (κ2) is 6.62. The summed E-state index contributed by atoms with van der Waals surface area (Å²) in [6.45, 7) is 1.76. The number of rotatable bonds is 4. The molecule has 0 saturated carbocycles. The summed E-state index contributed by atoms with van der Waals surface area (Å²) >= 11 is 1.53. The third kappa shape index (κ3) is 3.55. The van der Waals surface area contributed by atoms with Crippen LogP contribution in [0.1, 0.15) is 23.7 Å². The summed E-state index contributed by atoms with van der Waals surface area (Å²) in [7, 11) is 0. The predicted molar refractivity (Wildman–Crippen MR) is 80.3 cm³/mol. The highest BCUT2D eigenvalue weighted by atomic mass is 32.2. The average molecular weight is 308 g/mol. The lowest BCUT2D eigenvalue weighted by molar-refractivity contribution is -0.135. The molecule has 1 heterocycles. The van der Waals surface area contributed by atoms with Gasteiger partial charge >= 0.3 is 5.97 Å². The minimum atomic E-state index is -1.05. The molecule has 2 rings (SSSR count). The van der Waals surface area contributed by atoms with Gasteiger partial charge in [-0.15, -0.1) is 11.8 Å². The zero-order valence-corrected chi connectivity index (χ0v) is 12.4. The van der Waals surface area contributed by atoms with Crippen LogP contribution in [0.4, 0.5) is 5.69 Å². The number of anilines is 1. The van der Waals surface area contributed by atoms with Gasteiger partial charge in [-0.1, -0.05) is 13.0 Å². The summed E-state index contributed by atoms with van der Waals surface area (Å²) in [5.74, 6) is -0.329. The van der Waals surface area contributed by atoms with Crippen LogP contribution in [-0.2, 0) is 9.59 Å². The zero-order valence-electron chi connectivity index (χ0n) is 11.5. The molecule has 1 saturated heterocycles. The number of carbonyl (C=O) groups is 3. The van der Waals surface area contributed by atoms with Crippen molar-refractivity contribution in [2.45, 2.75) is 19.4 Å². The van der Waals surface area contributed by atoms with Crippen LogP contribution in [0.25, 0.3) is 0 Å². The quantitative estimate of drug-likeness (QED) is 0.883. The maximum atomic E-state index is 12.3. The number of thioether (sulfide) groups is 1.